The van der Waals surface area contributed by atoms with E-state index in [1.54, 1.807) is 19.2 Å². The van der Waals surface area contributed by atoms with Gasteiger partial charge in [-0.2, -0.15) is 0 Å². The van der Waals surface area contributed by atoms with Gasteiger partial charge in [-0.3, -0.25) is 4.79 Å². The van der Waals surface area contributed by atoms with Crippen LogP contribution < -0.4 is 4.74 Å². The summed E-state index contributed by atoms with van der Waals surface area (Å²) in [5.74, 6) is 0.415. The number of hydrogen-bond donors (Lipinski definition) is 1. The van der Waals surface area contributed by atoms with E-state index >= 15 is 0 Å². The topological polar surface area (TPSA) is 58.9 Å². The van der Waals surface area contributed by atoms with Crippen LogP contribution in [0.15, 0.2) is 23.4 Å². The van der Waals surface area contributed by atoms with Crippen molar-refractivity contribution in [2.45, 2.75) is 6.42 Å². The van der Waals surface area contributed by atoms with Gasteiger partial charge in [-0.05, 0) is 17.7 Å². The molecule has 1 N–H and O–H groups in total. The van der Waals surface area contributed by atoms with Crippen molar-refractivity contribution in [3.05, 3.63) is 29.3 Å². The maximum atomic E-state index is 11.5. The highest BCUT2D eigenvalue weighted by molar-refractivity contribution is 6.49. The van der Waals surface area contributed by atoms with Gasteiger partial charge in [0.2, 0.25) is 5.78 Å². The zero-order chi connectivity index (χ0) is 10.1. The zero-order valence-corrected chi connectivity index (χ0v) is 7.65. The number of ketones is 1. The molecular weight excluding hydrogens is 182 g/mol. The first-order valence-corrected chi connectivity index (χ1v) is 4.19. The van der Waals surface area contributed by atoms with Crippen LogP contribution in [0.3, 0.4) is 0 Å². The van der Waals surface area contributed by atoms with Gasteiger partial charge < -0.3 is 9.94 Å². The van der Waals surface area contributed by atoms with E-state index < -0.39 is 0 Å². The van der Waals surface area contributed by atoms with Crippen LogP contribution in [0.1, 0.15) is 15.9 Å². The van der Waals surface area contributed by atoms with Gasteiger partial charge in [-0.1, -0.05) is 11.2 Å². The van der Waals surface area contributed by atoms with E-state index in [1.807, 2.05) is 6.07 Å². The minimum Gasteiger partial charge on any atom is -0.497 e. The molecule has 0 fully saturated rings. The lowest BCUT2D eigenvalue weighted by Gasteiger charge is -2.00. The second-order valence-corrected chi connectivity index (χ2v) is 3.08. The summed E-state index contributed by atoms with van der Waals surface area (Å²) in [5, 5.41) is 11.5. The second-order valence-electron chi connectivity index (χ2n) is 3.08. The molecule has 0 radical (unpaired) electrons. The predicted octanol–water partition coefficient (Wildman–Crippen LogP) is 1.26. The summed E-state index contributed by atoms with van der Waals surface area (Å²) in [5.41, 5.74) is 1.63. The molecule has 0 atom stereocenters. The first-order chi connectivity index (χ1) is 6.76. The van der Waals surface area contributed by atoms with Crippen molar-refractivity contribution in [3.8, 4) is 5.75 Å². The van der Waals surface area contributed by atoms with Crippen molar-refractivity contribution in [2.75, 3.05) is 7.11 Å². The van der Waals surface area contributed by atoms with E-state index in [9.17, 15) is 4.79 Å². The van der Waals surface area contributed by atoms with Crippen LogP contribution in [0.25, 0.3) is 0 Å². The molecule has 4 nitrogen and oxygen atoms in total. The van der Waals surface area contributed by atoms with Crippen LogP contribution in [-0.2, 0) is 6.42 Å². The number of methoxy groups -OCH3 is 1. The second kappa shape index (κ2) is 3.14. The predicted molar refractivity (Wildman–Crippen MR) is 50.3 cm³/mol. The van der Waals surface area contributed by atoms with E-state index in [4.69, 9.17) is 9.94 Å². The Hall–Kier alpha value is -1.84. The van der Waals surface area contributed by atoms with E-state index in [-0.39, 0.29) is 11.5 Å². The first kappa shape index (κ1) is 8.74. The largest absolute Gasteiger partial charge is 0.497 e. The minimum atomic E-state index is -0.221. The molecule has 1 aliphatic carbocycles. The van der Waals surface area contributed by atoms with Crippen molar-refractivity contribution in [3.63, 3.8) is 0 Å². The molecule has 0 amide bonds. The van der Waals surface area contributed by atoms with Crippen LogP contribution in [-0.4, -0.2) is 23.8 Å². The fraction of sp³-hybridized carbons (Fsp3) is 0.200. The molecule has 0 saturated heterocycles. The maximum absolute atomic E-state index is 11.5. The SMILES string of the molecule is COc1ccc2c(c1)C(=O)/C(=N/O)C2. The number of benzene rings is 1. The third-order valence-electron chi connectivity index (χ3n) is 2.30. The van der Waals surface area contributed by atoms with Gasteiger partial charge in [0.1, 0.15) is 11.5 Å². The van der Waals surface area contributed by atoms with E-state index in [1.165, 1.54) is 0 Å². The molecule has 1 aliphatic rings. The summed E-state index contributed by atoms with van der Waals surface area (Å²) in [7, 11) is 1.54. The van der Waals surface area contributed by atoms with Crippen molar-refractivity contribution >= 4 is 11.5 Å². The van der Waals surface area contributed by atoms with Crippen molar-refractivity contribution < 1.29 is 14.7 Å². The number of rotatable bonds is 1. The number of ether oxygens (including phenoxy) is 1. The zero-order valence-electron chi connectivity index (χ0n) is 7.65. The summed E-state index contributed by atoms with van der Waals surface area (Å²) < 4.78 is 5.00. The lowest BCUT2D eigenvalue weighted by Crippen LogP contribution is -2.06. The molecule has 0 aliphatic heterocycles. The number of nitrogens with zero attached hydrogens (tertiary/aromatic N) is 1. The number of fused-ring (bicyclic) bond motifs is 1. The molecule has 0 heterocycles. The van der Waals surface area contributed by atoms with Crippen LogP contribution in [0.2, 0.25) is 0 Å². The van der Waals surface area contributed by atoms with Crippen molar-refractivity contribution in [1.82, 2.24) is 0 Å². The molecule has 0 saturated carbocycles. The Morgan fingerprint density at radius 3 is 2.93 bits per heavy atom. The number of Topliss-reactive ketones (excluding diaryl/α,β-unsaturated/α-hetero) is 1. The molecule has 0 unspecified atom stereocenters. The minimum absolute atomic E-state index is 0.188. The Kier molecular flexibility index (Phi) is 1.96. The Bertz CT molecular complexity index is 423. The van der Waals surface area contributed by atoms with Gasteiger partial charge in [0.05, 0.1) is 7.11 Å². The highest BCUT2D eigenvalue weighted by Crippen LogP contribution is 2.24. The molecule has 14 heavy (non-hydrogen) atoms. The normalized spacial score (nSPS) is 17.2. The van der Waals surface area contributed by atoms with Crippen LogP contribution >= 0.6 is 0 Å². The van der Waals surface area contributed by atoms with E-state index in [2.05, 4.69) is 5.16 Å². The Morgan fingerprint density at radius 1 is 1.50 bits per heavy atom. The van der Waals surface area contributed by atoms with Gasteiger partial charge in [0.15, 0.2) is 0 Å². The standard InChI is InChI=1S/C10H9NO3/c1-14-7-3-2-6-4-9(11-13)10(12)8(6)5-7/h2-3,5,13H,4H2,1H3/b11-9+. The molecule has 0 spiro atoms. The molecule has 2 rings (SSSR count). The molecule has 0 aromatic heterocycles. The number of carbonyl (C=O) groups is 1. The first-order valence-electron chi connectivity index (χ1n) is 4.19. The van der Waals surface area contributed by atoms with Gasteiger partial charge in [-0.25, -0.2) is 0 Å². The van der Waals surface area contributed by atoms with E-state index in [0.29, 0.717) is 17.7 Å². The summed E-state index contributed by atoms with van der Waals surface area (Å²) >= 11 is 0. The third-order valence-corrected chi connectivity index (χ3v) is 2.30. The Morgan fingerprint density at radius 2 is 2.29 bits per heavy atom. The number of oxime groups is 1. The average molecular weight is 191 g/mol. The summed E-state index contributed by atoms with van der Waals surface area (Å²) in [4.78, 5) is 11.5. The lowest BCUT2D eigenvalue weighted by atomic mass is 10.1. The summed E-state index contributed by atoms with van der Waals surface area (Å²) in [6.07, 6.45) is 0.397. The number of carbonyl (C=O) groups excluding carboxylic acids is 1. The molecule has 1 aromatic rings. The third kappa shape index (κ3) is 1.16. The van der Waals surface area contributed by atoms with Crippen molar-refractivity contribution in [2.24, 2.45) is 5.16 Å². The van der Waals surface area contributed by atoms with Gasteiger partial charge in [0, 0.05) is 12.0 Å². The van der Waals surface area contributed by atoms with Gasteiger partial charge in [0.25, 0.3) is 0 Å². The fourth-order valence-electron chi connectivity index (χ4n) is 1.54. The monoisotopic (exact) mass is 191 g/mol. The molecule has 4 heteroatoms. The summed E-state index contributed by atoms with van der Waals surface area (Å²) in [6.45, 7) is 0. The quantitative estimate of drug-likeness (QED) is 0.537. The highest BCUT2D eigenvalue weighted by atomic mass is 16.5. The fourth-order valence-corrected chi connectivity index (χ4v) is 1.54. The van der Waals surface area contributed by atoms with Crippen LogP contribution in [0.4, 0.5) is 0 Å². The molecule has 0 bridgehead atoms. The molecular formula is C10H9NO3. The smallest absolute Gasteiger partial charge is 0.211 e. The Labute approximate surface area is 80.8 Å². The maximum Gasteiger partial charge on any atom is 0.211 e. The van der Waals surface area contributed by atoms with Crippen LogP contribution in [0, 0.1) is 0 Å². The number of hydrogen-bond acceptors (Lipinski definition) is 4. The van der Waals surface area contributed by atoms with Gasteiger partial charge >= 0.3 is 0 Å². The molecule has 1 aromatic carbocycles. The summed E-state index contributed by atoms with van der Waals surface area (Å²) in [6, 6.07) is 5.26. The van der Waals surface area contributed by atoms with Crippen LogP contribution in [0.5, 0.6) is 5.75 Å². The van der Waals surface area contributed by atoms with Gasteiger partial charge in [-0.15, -0.1) is 0 Å². The lowest BCUT2D eigenvalue weighted by molar-refractivity contribution is 0.106. The molecule has 72 valence electrons. The van der Waals surface area contributed by atoms with E-state index in [0.717, 1.165) is 5.56 Å². The highest BCUT2D eigenvalue weighted by Gasteiger charge is 2.27. The Balaban J connectivity index is 2.50. The van der Waals surface area contributed by atoms with Crippen molar-refractivity contribution in [1.29, 1.82) is 0 Å². The average Bonchev–Trinajstić information content (AvgIpc) is 2.55.